The fourth-order valence-electron chi connectivity index (χ4n) is 2.92. The van der Waals surface area contributed by atoms with E-state index in [4.69, 9.17) is 14.2 Å². The zero-order chi connectivity index (χ0) is 24.3. The molecule has 1 N–H and O–H groups in total. The highest BCUT2D eigenvalue weighted by Gasteiger charge is 2.12. The number of hydrogen-bond acceptors (Lipinski definition) is 6. The van der Waals surface area contributed by atoms with Gasteiger partial charge >= 0.3 is 5.97 Å². The van der Waals surface area contributed by atoms with Gasteiger partial charge in [-0.25, -0.2) is 10.2 Å². The highest BCUT2D eigenvalue weighted by Crippen LogP contribution is 2.28. The summed E-state index contributed by atoms with van der Waals surface area (Å²) in [7, 11) is 1.53. The number of benzene rings is 3. The van der Waals surface area contributed by atoms with E-state index in [9.17, 15) is 9.59 Å². The molecule has 0 atom stereocenters. The topological polar surface area (TPSA) is 86.2 Å². The van der Waals surface area contributed by atoms with Crippen LogP contribution in [0.1, 0.15) is 21.5 Å². The van der Waals surface area contributed by atoms with Crippen LogP contribution in [0.2, 0.25) is 0 Å². The normalized spacial score (nSPS) is 10.5. The van der Waals surface area contributed by atoms with Gasteiger partial charge in [-0.05, 0) is 54.4 Å². The van der Waals surface area contributed by atoms with Gasteiger partial charge in [0.2, 0.25) is 0 Å². The molecule has 0 spiro atoms. The lowest BCUT2D eigenvalue weighted by Crippen LogP contribution is -2.24. The van der Waals surface area contributed by atoms with Crippen LogP contribution in [-0.4, -0.2) is 31.8 Å². The second kappa shape index (κ2) is 12.4. The number of esters is 1. The zero-order valence-corrected chi connectivity index (χ0v) is 20.1. The molecule has 8 heteroatoms. The van der Waals surface area contributed by atoms with Crippen molar-refractivity contribution in [1.82, 2.24) is 5.43 Å². The van der Waals surface area contributed by atoms with Crippen LogP contribution in [0.25, 0.3) is 0 Å². The minimum Gasteiger partial charge on any atom is -0.493 e. The summed E-state index contributed by atoms with van der Waals surface area (Å²) in [6.07, 6.45) is 3.88. The second-order valence-electron chi connectivity index (χ2n) is 7.00. The molecular formula is C26H23BrN2O5. The van der Waals surface area contributed by atoms with E-state index in [2.05, 4.69) is 33.0 Å². The first-order valence-corrected chi connectivity index (χ1v) is 11.1. The van der Waals surface area contributed by atoms with Crippen LogP contribution in [0.15, 0.2) is 89.0 Å². The number of nitrogens with zero attached hydrogens (tertiary/aromatic N) is 1. The quantitative estimate of drug-likeness (QED) is 0.134. The number of methoxy groups -OCH3 is 1. The molecule has 0 saturated heterocycles. The summed E-state index contributed by atoms with van der Waals surface area (Å²) in [5.74, 6) is 0.302. The van der Waals surface area contributed by atoms with E-state index in [-0.39, 0.29) is 6.61 Å². The smallest absolute Gasteiger partial charge is 0.343 e. The Morgan fingerprint density at radius 3 is 2.53 bits per heavy atom. The lowest BCUT2D eigenvalue weighted by molar-refractivity contribution is -0.123. The van der Waals surface area contributed by atoms with Gasteiger partial charge in [0.05, 0.1) is 18.9 Å². The molecule has 0 bridgehead atoms. The van der Waals surface area contributed by atoms with Gasteiger partial charge in [-0.3, -0.25) is 4.79 Å². The van der Waals surface area contributed by atoms with E-state index in [1.165, 1.54) is 13.3 Å². The van der Waals surface area contributed by atoms with Gasteiger partial charge in [-0.1, -0.05) is 46.3 Å². The Hall–Kier alpha value is -3.91. The average molecular weight is 523 g/mol. The fourth-order valence-corrected chi connectivity index (χ4v) is 3.30. The Morgan fingerprint density at radius 2 is 1.79 bits per heavy atom. The van der Waals surface area contributed by atoms with Crippen molar-refractivity contribution in [3.05, 3.63) is 101 Å². The maximum absolute atomic E-state index is 12.4. The maximum atomic E-state index is 12.4. The third-order valence-electron chi connectivity index (χ3n) is 4.54. The van der Waals surface area contributed by atoms with Crippen LogP contribution in [0.3, 0.4) is 0 Å². The Morgan fingerprint density at radius 1 is 1.03 bits per heavy atom. The van der Waals surface area contributed by atoms with Gasteiger partial charge < -0.3 is 14.2 Å². The van der Waals surface area contributed by atoms with Crippen molar-refractivity contribution in [2.75, 3.05) is 13.7 Å². The summed E-state index contributed by atoms with van der Waals surface area (Å²) in [5.41, 5.74) is 4.34. The van der Waals surface area contributed by atoms with Crippen molar-refractivity contribution in [3.63, 3.8) is 0 Å². The molecule has 0 aromatic heterocycles. The van der Waals surface area contributed by atoms with Crippen LogP contribution in [0, 0.1) is 0 Å². The van der Waals surface area contributed by atoms with E-state index in [0.29, 0.717) is 34.8 Å². The number of hydrazone groups is 1. The Kier molecular flexibility index (Phi) is 8.99. The molecule has 0 aliphatic heterocycles. The molecular weight excluding hydrogens is 500 g/mol. The molecule has 0 unspecified atom stereocenters. The number of allylic oxidation sites excluding steroid dienone is 1. The van der Waals surface area contributed by atoms with E-state index in [1.807, 2.05) is 18.2 Å². The molecule has 34 heavy (non-hydrogen) atoms. The van der Waals surface area contributed by atoms with Crippen LogP contribution in [-0.2, 0) is 11.2 Å². The fraction of sp³-hybridized carbons (Fsp3) is 0.115. The van der Waals surface area contributed by atoms with E-state index >= 15 is 0 Å². The Bertz CT molecular complexity index is 1200. The van der Waals surface area contributed by atoms with Crippen molar-refractivity contribution in [3.8, 4) is 17.2 Å². The van der Waals surface area contributed by atoms with E-state index < -0.39 is 11.9 Å². The van der Waals surface area contributed by atoms with Crippen LogP contribution < -0.4 is 19.6 Å². The summed E-state index contributed by atoms with van der Waals surface area (Å²) in [6, 6.07) is 19.2. The van der Waals surface area contributed by atoms with E-state index in [1.54, 1.807) is 54.6 Å². The first-order valence-electron chi connectivity index (χ1n) is 10.3. The van der Waals surface area contributed by atoms with Crippen LogP contribution in [0.5, 0.6) is 17.2 Å². The van der Waals surface area contributed by atoms with Crippen molar-refractivity contribution in [2.24, 2.45) is 5.10 Å². The standard InChI is InChI=1S/C26H23BrN2O5/c1-3-7-18-10-12-23(24(14-18)32-2)33-17-25(30)29-28-16-20-15-21(27)11-13-22(20)34-26(31)19-8-5-4-6-9-19/h3-6,8-16H,1,7,17H2,2H3,(H,29,30). The number of rotatable bonds is 10. The lowest BCUT2D eigenvalue weighted by Gasteiger charge is -2.11. The molecule has 0 aliphatic rings. The van der Waals surface area contributed by atoms with Gasteiger partial charge in [0.25, 0.3) is 5.91 Å². The molecule has 3 rings (SSSR count). The first-order chi connectivity index (χ1) is 16.5. The van der Waals surface area contributed by atoms with Gasteiger partial charge in [0.15, 0.2) is 18.1 Å². The summed E-state index contributed by atoms with van der Waals surface area (Å²) in [6.45, 7) is 3.46. The molecule has 174 valence electrons. The van der Waals surface area contributed by atoms with Gasteiger partial charge in [-0.2, -0.15) is 5.10 Å². The number of amides is 1. The van der Waals surface area contributed by atoms with E-state index in [0.717, 1.165) is 10.0 Å². The minimum atomic E-state index is -0.497. The van der Waals surface area contributed by atoms with Crippen molar-refractivity contribution >= 4 is 34.0 Å². The second-order valence-corrected chi connectivity index (χ2v) is 7.91. The van der Waals surface area contributed by atoms with Crippen LogP contribution >= 0.6 is 15.9 Å². The predicted molar refractivity (Wildman–Crippen MR) is 134 cm³/mol. The largest absolute Gasteiger partial charge is 0.493 e. The third kappa shape index (κ3) is 7.05. The van der Waals surface area contributed by atoms with Crippen molar-refractivity contribution in [2.45, 2.75) is 6.42 Å². The zero-order valence-electron chi connectivity index (χ0n) is 18.5. The highest BCUT2D eigenvalue weighted by molar-refractivity contribution is 9.10. The van der Waals surface area contributed by atoms with Gasteiger partial charge in [0.1, 0.15) is 5.75 Å². The number of halogens is 1. The summed E-state index contributed by atoms with van der Waals surface area (Å²) < 4.78 is 17.1. The number of ether oxygens (including phenoxy) is 3. The monoisotopic (exact) mass is 522 g/mol. The molecule has 0 radical (unpaired) electrons. The highest BCUT2D eigenvalue weighted by atomic mass is 79.9. The SMILES string of the molecule is C=CCc1ccc(OCC(=O)NN=Cc2cc(Br)ccc2OC(=O)c2ccccc2)c(OC)c1. The molecule has 0 aliphatic carbocycles. The summed E-state index contributed by atoms with van der Waals surface area (Å²) >= 11 is 3.38. The average Bonchev–Trinajstić information content (AvgIpc) is 2.85. The molecule has 1 amide bonds. The van der Waals surface area contributed by atoms with Crippen LogP contribution in [0.4, 0.5) is 0 Å². The molecule has 3 aromatic rings. The molecule has 7 nitrogen and oxygen atoms in total. The van der Waals surface area contributed by atoms with Gasteiger partial charge in [0, 0.05) is 10.0 Å². The summed E-state index contributed by atoms with van der Waals surface area (Å²) in [4.78, 5) is 24.6. The third-order valence-corrected chi connectivity index (χ3v) is 5.04. The Labute approximate surface area is 206 Å². The van der Waals surface area contributed by atoms with Crippen molar-refractivity contribution < 1.29 is 23.8 Å². The lowest BCUT2D eigenvalue weighted by atomic mass is 10.1. The van der Waals surface area contributed by atoms with Gasteiger partial charge in [-0.15, -0.1) is 6.58 Å². The Balaban J connectivity index is 1.60. The number of carbonyl (C=O) groups is 2. The molecule has 0 saturated carbocycles. The number of hydrogen-bond donors (Lipinski definition) is 1. The summed E-state index contributed by atoms with van der Waals surface area (Å²) in [5, 5.41) is 3.96. The number of carbonyl (C=O) groups excluding carboxylic acids is 2. The molecule has 3 aromatic carbocycles. The molecule has 0 heterocycles. The maximum Gasteiger partial charge on any atom is 0.343 e. The predicted octanol–water partition coefficient (Wildman–Crippen LogP) is 4.93. The minimum absolute atomic E-state index is 0.261. The number of nitrogens with one attached hydrogen (secondary N) is 1. The van der Waals surface area contributed by atoms with Crippen molar-refractivity contribution in [1.29, 1.82) is 0 Å². The first kappa shape index (κ1) is 24.7. The molecule has 0 fully saturated rings.